The van der Waals surface area contributed by atoms with Crippen LogP contribution in [0, 0.1) is 55.7 Å². The van der Waals surface area contributed by atoms with Crippen molar-refractivity contribution in [2.75, 3.05) is 0 Å². The fourth-order valence-corrected chi connectivity index (χ4v) is 3.29. The first kappa shape index (κ1) is 58.2. The molecule has 0 aliphatic rings. The zero-order chi connectivity index (χ0) is 39.2. The van der Waals surface area contributed by atoms with Crippen LogP contribution in [0.5, 0.6) is 0 Å². The summed E-state index contributed by atoms with van der Waals surface area (Å²) in [5.41, 5.74) is 3.51. The van der Waals surface area contributed by atoms with Crippen LogP contribution in [0.25, 0.3) is 0 Å². The minimum absolute atomic E-state index is 0.437. The average Bonchev–Trinajstić information content (AvgIpc) is 2.73. The maximum Gasteiger partial charge on any atom is -0.0334 e. The molecule has 0 heterocycles. The molecular formula is C46H104. The third kappa shape index (κ3) is 59.4. The van der Waals surface area contributed by atoms with Crippen LogP contribution in [0.4, 0.5) is 0 Å². The molecule has 0 radical (unpaired) electrons. The fraction of sp³-hybridized carbons (Fsp3) is 1.00. The minimum atomic E-state index is 0.437. The molecule has 1 unspecified atom stereocenters. The lowest BCUT2D eigenvalue weighted by Gasteiger charge is -2.34. The average molecular weight is 657 g/mol. The van der Waals surface area contributed by atoms with E-state index < -0.39 is 0 Å². The second-order valence-electron chi connectivity index (χ2n) is 22.8. The van der Waals surface area contributed by atoms with E-state index >= 15 is 0 Å². The van der Waals surface area contributed by atoms with Crippen molar-refractivity contribution >= 4 is 0 Å². The summed E-state index contributed by atoms with van der Waals surface area (Å²) in [5, 5.41) is 0. The predicted octanol–water partition coefficient (Wildman–Crippen LogP) is 18.0. The number of unbranched alkanes of at least 4 members (excludes halogenated alkanes) is 1. The van der Waals surface area contributed by atoms with E-state index in [9.17, 15) is 0 Å². The van der Waals surface area contributed by atoms with Crippen LogP contribution in [-0.4, -0.2) is 0 Å². The van der Waals surface area contributed by atoms with Gasteiger partial charge in [-0.2, -0.15) is 0 Å². The monoisotopic (exact) mass is 657 g/mol. The van der Waals surface area contributed by atoms with Crippen molar-refractivity contribution in [3.8, 4) is 0 Å². The topological polar surface area (TPSA) is 0 Å². The van der Waals surface area contributed by atoms with Crippen LogP contribution in [0.2, 0.25) is 0 Å². The Labute approximate surface area is 300 Å². The summed E-state index contributed by atoms with van der Waals surface area (Å²) in [7, 11) is 0. The van der Waals surface area contributed by atoms with E-state index in [1.54, 1.807) is 0 Å². The van der Waals surface area contributed by atoms with Crippen LogP contribution >= 0.6 is 0 Å². The summed E-state index contributed by atoms with van der Waals surface area (Å²) in [4.78, 5) is 0. The molecule has 288 valence electrons. The number of hydrogen-bond donors (Lipinski definition) is 0. The Bertz CT molecular complexity index is 597. The highest BCUT2D eigenvalue weighted by Gasteiger charge is 2.27. The van der Waals surface area contributed by atoms with Crippen LogP contribution in [0.15, 0.2) is 0 Å². The molecule has 0 amide bonds. The van der Waals surface area contributed by atoms with E-state index in [0.29, 0.717) is 37.9 Å². The molecule has 0 saturated heterocycles. The maximum atomic E-state index is 2.31. The van der Waals surface area contributed by atoms with E-state index in [4.69, 9.17) is 0 Å². The van der Waals surface area contributed by atoms with Gasteiger partial charge in [0.15, 0.2) is 0 Å². The molecule has 0 nitrogen and oxygen atoms in total. The quantitative estimate of drug-likeness (QED) is 0.276. The highest BCUT2D eigenvalue weighted by Crippen LogP contribution is 2.36. The highest BCUT2D eigenvalue weighted by atomic mass is 14.3. The van der Waals surface area contributed by atoms with E-state index in [1.165, 1.54) is 44.9 Å². The Kier molecular flexibility index (Phi) is 32.8. The molecule has 0 saturated carbocycles. The lowest BCUT2D eigenvalue weighted by molar-refractivity contribution is 0.157. The highest BCUT2D eigenvalue weighted by molar-refractivity contribution is 4.77. The van der Waals surface area contributed by atoms with Gasteiger partial charge >= 0.3 is 0 Å². The molecule has 0 aromatic carbocycles. The standard InChI is InChI=1S/4C8H18.2C7H16/c1-7(2)6-8(3,4)5;1-7(2,3)8(4,5)6;1-6-7(2)8(3,4)5;1-5-6-7-8(2,3)4;1-6(2)7(3,4)5;1-5-6-7(2,3)4/h7H,6H2,1-5H3;1-6H3;7H,6H2,1-5H3;5-7H2,1-4H3;6H,1-5H3;5-6H2,1-4H3. The molecule has 0 bridgehead atoms. The first-order chi connectivity index (χ1) is 19.7. The zero-order valence-electron chi connectivity index (χ0n) is 39.2. The molecule has 0 aliphatic carbocycles. The van der Waals surface area contributed by atoms with Gasteiger partial charge in [0.1, 0.15) is 0 Å². The van der Waals surface area contributed by atoms with Crippen molar-refractivity contribution in [1.29, 1.82) is 0 Å². The van der Waals surface area contributed by atoms with Gasteiger partial charge in [-0.1, -0.05) is 226 Å². The fourth-order valence-electron chi connectivity index (χ4n) is 3.29. The van der Waals surface area contributed by atoms with E-state index in [0.717, 1.165) is 17.8 Å². The molecule has 0 aromatic heterocycles. The maximum absolute atomic E-state index is 2.31. The molecule has 1 atom stereocenters. The van der Waals surface area contributed by atoms with E-state index in [1.807, 2.05) is 0 Å². The van der Waals surface area contributed by atoms with Crippen LogP contribution in [0.3, 0.4) is 0 Å². The third-order valence-electron chi connectivity index (χ3n) is 9.37. The Balaban J connectivity index is -0.000000104. The zero-order valence-corrected chi connectivity index (χ0v) is 39.2. The van der Waals surface area contributed by atoms with Crippen molar-refractivity contribution < 1.29 is 0 Å². The van der Waals surface area contributed by atoms with Crippen molar-refractivity contribution in [2.45, 2.75) is 246 Å². The molecule has 0 fully saturated rings. The Hall–Kier alpha value is 0. The smallest absolute Gasteiger partial charge is 0.0334 e. The van der Waals surface area contributed by atoms with Crippen molar-refractivity contribution in [3.63, 3.8) is 0 Å². The largest absolute Gasteiger partial charge is 0.0654 e. The summed E-state index contributed by atoms with van der Waals surface area (Å²) >= 11 is 0. The SMILES string of the molecule is CC(C)(C)C(C)(C)C.CC(C)C(C)(C)C.CC(C)CC(C)(C)C.CCC(C)C(C)(C)C.CCCC(C)(C)C.CCCCC(C)(C)C. The predicted molar refractivity (Wildman–Crippen MR) is 224 cm³/mol. The Morgan fingerprint density at radius 1 is 0.391 bits per heavy atom. The summed E-state index contributed by atoms with van der Waals surface area (Å²) < 4.78 is 0. The van der Waals surface area contributed by atoms with Gasteiger partial charge in [-0.3, -0.25) is 0 Å². The lowest BCUT2D eigenvalue weighted by atomic mass is 9.71. The van der Waals surface area contributed by atoms with Gasteiger partial charge in [-0.15, -0.1) is 0 Å². The van der Waals surface area contributed by atoms with Gasteiger partial charge in [0.25, 0.3) is 0 Å². The van der Waals surface area contributed by atoms with Crippen molar-refractivity contribution in [3.05, 3.63) is 0 Å². The minimum Gasteiger partial charge on any atom is -0.0654 e. The van der Waals surface area contributed by atoms with Gasteiger partial charge < -0.3 is 0 Å². The second kappa shape index (κ2) is 25.9. The number of hydrogen-bond acceptors (Lipinski definition) is 0. The van der Waals surface area contributed by atoms with Crippen LogP contribution in [0.1, 0.15) is 246 Å². The van der Waals surface area contributed by atoms with E-state index in [2.05, 4.69) is 201 Å². The van der Waals surface area contributed by atoms with Crippen molar-refractivity contribution in [1.82, 2.24) is 0 Å². The lowest BCUT2D eigenvalue weighted by Crippen LogP contribution is -2.25. The molecule has 0 aromatic rings. The number of rotatable bonds is 5. The first-order valence-corrected chi connectivity index (χ1v) is 19.7. The normalized spacial score (nSPS) is 13.4. The van der Waals surface area contributed by atoms with Gasteiger partial charge in [-0.05, 0) is 74.9 Å². The molecule has 0 spiro atoms. The van der Waals surface area contributed by atoms with Crippen LogP contribution in [-0.2, 0) is 0 Å². The summed E-state index contributed by atoms with van der Waals surface area (Å²) in [6, 6.07) is 0. The molecule has 46 heavy (non-hydrogen) atoms. The third-order valence-corrected chi connectivity index (χ3v) is 9.37. The Morgan fingerprint density at radius 3 is 0.717 bits per heavy atom. The van der Waals surface area contributed by atoms with Crippen LogP contribution < -0.4 is 0 Å². The molecule has 0 heteroatoms. The molecule has 0 rings (SSSR count). The van der Waals surface area contributed by atoms with Gasteiger partial charge in [0, 0.05) is 0 Å². The summed E-state index contributed by atoms with van der Waals surface area (Å²) in [6.07, 6.45) is 9.34. The first-order valence-electron chi connectivity index (χ1n) is 19.7. The summed E-state index contributed by atoms with van der Waals surface area (Å²) in [6.45, 7) is 65.9. The Morgan fingerprint density at radius 2 is 0.696 bits per heavy atom. The van der Waals surface area contributed by atoms with Gasteiger partial charge in [0.2, 0.25) is 0 Å². The van der Waals surface area contributed by atoms with E-state index in [-0.39, 0.29) is 0 Å². The van der Waals surface area contributed by atoms with Gasteiger partial charge in [0.05, 0.1) is 0 Å². The molecular weight excluding hydrogens is 553 g/mol. The summed E-state index contributed by atoms with van der Waals surface area (Å²) in [5.74, 6) is 2.49. The molecule has 0 aliphatic heterocycles. The second-order valence-corrected chi connectivity index (χ2v) is 22.8. The van der Waals surface area contributed by atoms with Gasteiger partial charge in [-0.25, -0.2) is 0 Å². The van der Waals surface area contributed by atoms with Crippen molar-refractivity contribution in [2.24, 2.45) is 55.7 Å². The molecule has 0 N–H and O–H groups in total.